The van der Waals surface area contributed by atoms with Gasteiger partial charge in [0.15, 0.2) is 0 Å². The van der Waals surface area contributed by atoms with E-state index in [-0.39, 0.29) is 37.4 Å². The fourth-order valence-electron chi connectivity index (χ4n) is 4.13. The lowest BCUT2D eigenvalue weighted by atomic mass is 9.99. The second kappa shape index (κ2) is 13.5. The average molecular weight is 594 g/mol. The van der Waals surface area contributed by atoms with E-state index >= 15 is 0 Å². The van der Waals surface area contributed by atoms with E-state index in [9.17, 15) is 21.6 Å². The first kappa shape index (κ1) is 30.7. The Kier molecular flexibility index (Phi) is 10.6. The predicted molar refractivity (Wildman–Crippen MR) is 152 cm³/mol. The van der Waals surface area contributed by atoms with E-state index in [0.29, 0.717) is 17.0 Å². The molecule has 210 valence electrons. The zero-order valence-electron chi connectivity index (χ0n) is 21.8. The molecule has 39 heavy (non-hydrogen) atoms. The highest BCUT2D eigenvalue weighted by atomic mass is 35.5. The number of aryl methyl sites for hydroxylation is 1. The van der Waals surface area contributed by atoms with Crippen LogP contribution in [-0.4, -0.2) is 62.0 Å². The summed E-state index contributed by atoms with van der Waals surface area (Å²) in [5, 5.41) is 2.76. The number of pyridine rings is 1. The van der Waals surface area contributed by atoms with Crippen molar-refractivity contribution < 1.29 is 26.2 Å². The summed E-state index contributed by atoms with van der Waals surface area (Å²) in [7, 11) is -8.12. The van der Waals surface area contributed by atoms with Crippen LogP contribution in [0.1, 0.15) is 29.5 Å². The zero-order chi connectivity index (χ0) is 28.6. The van der Waals surface area contributed by atoms with Crippen molar-refractivity contribution in [2.75, 3.05) is 25.4 Å². The van der Waals surface area contributed by atoms with E-state index in [1.807, 2.05) is 37.3 Å². The van der Waals surface area contributed by atoms with Crippen molar-refractivity contribution in [1.29, 1.82) is 0 Å². The van der Waals surface area contributed by atoms with Gasteiger partial charge in [-0.15, -0.1) is 0 Å². The van der Waals surface area contributed by atoms with Crippen LogP contribution >= 0.6 is 11.6 Å². The van der Waals surface area contributed by atoms with E-state index in [4.69, 9.17) is 16.2 Å². The zero-order valence-corrected chi connectivity index (χ0v) is 24.2. The van der Waals surface area contributed by atoms with Crippen molar-refractivity contribution in [2.45, 2.75) is 38.0 Å². The minimum atomic E-state index is -4.18. The molecule has 0 aliphatic heterocycles. The third-order valence-electron chi connectivity index (χ3n) is 6.24. The van der Waals surface area contributed by atoms with Crippen LogP contribution in [0, 0.1) is 13.8 Å². The van der Waals surface area contributed by atoms with Gasteiger partial charge in [-0.25, -0.2) is 8.42 Å². The number of sulfonamides is 1. The first-order valence-corrected chi connectivity index (χ1v) is 15.8. The van der Waals surface area contributed by atoms with Crippen molar-refractivity contribution in [1.82, 2.24) is 14.6 Å². The number of halogens is 1. The van der Waals surface area contributed by atoms with Crippen LogP contribution in [0.4, 0.5) is 0 Å². The van der Waals surface area contributed by atoms with Crippen molar-refractivity contribution in [3.05, 3.63) is 82.6 Å². The summed E-state index contributed by atoms with van der Waals surface area (Å²) in [4.78, 5) is 16.4. The average Bonchev–Trinajstić information content (AvgIpc) is 2.87. The lowest BCUT2D eigenvalue weighted by Crippen LogP contribution is -2.35. The first-order valence-electron chi connectivity index (χ1n) is 12.4. The summed E-state index contributed by atoms with van der Waals surface area (Å²) in [5.41, 5.74) is 4.49. The molecule has 0 radical (unpaired) electrons. The van der Waals surface area contributed by atoms with E-state index < -0.39 is 31.8 Å². The Labute approximate surface area is 235 Å². The molecule has 9 nitrogen and oxygen atoms in total. The Morgan fingerprint density at radius 1 is 1.05 bits per heavy atom. The third kappa shape index (κ3) is 8.84. The van der Waals surface area contributed by atoms with Crippen molar-refractivity contribution in [3.8, 4) is 11.1 Å². The van der Waals surface area contributed by atoms with Gasteiger partial charge < -0.3 is 5.32 Å². The number of rotatable bonds is 13. The van der Waals surface area contributed by atoms with Gasteiger partial charge >= 0.3 is 0 Å². The van der Waals surface area contributed by atoms with Gasteiger partial charge in [-0.2, -0.15) is 12.7 Å². The monoisotopic (exact) mass is 593 g/mol. The highest BCUT2D eigenvalue weighted by Gasteiger charge is 2.26. The van der Waals surface area contributed by atoms with Crippen LogP contribution in [0.5, 0.6) is 0 Å². The Morgan fingerprint density at radius 3 is 2.51 bits per heavy atom. The summed E-state index contributed by atoms with van der Waals surface area (Å²) in [6, 6.07) is 14.6. The SMILES string of the molecule is Cc1cnccc1-c1cccc(CCN(CCCC(=O)NCCS(=O)(=O)O)S(=O)(=O)c2cccc(Cl)c2C)c1. The summed E-state index contributed by atoms with van der Waals surface area (Å²) in [6.45, 7) is 3.65. The Bertz CT molecular complexity index is 1530. The number of aromatic nitrogens is 1. The van der Waals surface area contributed by atoms with Crippen LogP contribution in [0.3, 0.4) is 0 Å². The molecule has 0 spiro atoms. The first-order chi connectivity index (χ1) is 18.4. The van der Waals surface area contributed by atoms with Crippen LogP contribution in [0.15, 0.2) is 65.8 Å². The van der Waals surface area contributed by atoms with Gasteiger partial charge in [-0.3, -0.25) is 14.3 Å². The Balaban J connectivity index is 1.76. The number of hydrogen-bond donors (Lipinski definition) is 2. The van der Waals surface area contributed by atoms with Gasteiger partial charge in [0, 0.05) is 43.5 Å². The van der Waals surface area contributed by atoms with Gasteiger partial charge in [0.1, 0.15) is 0 Å². The lowest BCUT2D eigenvalue weighted by molar-refractivity contribution is -0.121. The summed E-state index contributed by atoms with van der Waals surface area (Å²) >= 11 is 6.21. The van der Waals surface area contributed by atoms with Gasteiger partial charge in [0.05, 0.1) is 10.6 Å². The molecule has 0 saturated heterocycles. The maximum atomic E-state index is 13.7. The van der Waals surface area contributed by atoms with Gasteiger partial charge in [-0.1, -0.05) is 41.9 Å². The molecule has 0 aliphatic carbocycles. The molecule has 1 aromatic heterocycles. The Morgan fingerprint density at radius 2 is 1.79 bits per heavy atom. The largest absolute Gasteiger partial charge is 0.355 e. The molecule has 12 heteroatoms. The highest BCUT2D eigenvalue weighted by Crippen LogP contribution is 2.27. The van der Waals surface area contributed by atoms with E-state index in [2.05, 4.69) is 10.3 Å². The van der Waals surface area contributed by atoms with E-state index in [0.717, 1.165) is 22.3 Å². The maximum Gasteiger partial charge on any atom is 0.266 e. The highest BCUT2D eigenvalue weighted by molar-refractivity contribution is 7.89. The molecule has 1 amide bonds. The van der Waals surface area contributed by atoms with Crippen LogP contribution < -0.4 is 5.32 Å². The number of hydrogen-bond acceptors (Lipinski definition) is 6. The molecule has 0 aliphatic rings. The second-order valence-corrected chi connectivity index (χ2v) is 13.0. The van der Waals surface area contributed by atoms with Gasteiger partial charge in [0.25, 0.3) is 10.1 Å². The van der Waals surface area contributed by atoms with Crippen molar-refractivity contribution in [2.24, 2.45) is 0 Å². The number of amides is 1. The maximum absolute atomic E-state index is 13.7. The molecule has 0 unspecified atom stereocenters. The minimum absolute atomic E-state index is 0.0111. The van der Waals surface area contributed by atoms with Gasteiger partial charge in [-0.05, 0) is 72.7 Å². The number of nitrogens with one attached hydrogen (secondary N) is 1. The van der Waals surface area contributed by atoms with Crippen molar-refractivity contribution in [3.63, 3.8) is 0 Å². The topological polar surface area (TPSA) is 134 Å². The van der Waals surface area contributed by atoms with Crippen LogP contribution in [0.2, 0.25) is 5.02 Å². The van der Waals surface area contributed by atoms with E-state index in [1.165, 1.54) is 10.4 Å². The molecule has 0 fully saturated rings. The smallest absolute Gasteiger partial charge is 0.266 e. The molecule has 1 heterocycles. The normalized spacial score (nSPS) is 12.0. The van der Waals surface area contributed by atoms with Crippen LogP contribution in [-0.2, 0) is 31.4 Å². The molecular weight excluding hydrogens is 562 g/mol. The molecular formula is C27H32ClN3O6S2. The number of carbonyl (C=O) groups excluding carboxylic acids is 1. The van der Waals surface area contributed by atoms with Crippen LogP contribution in [0.25, 0.3) is 11.1 Å². The third-order valence-corrected chi connectivity index (χ3v) is 9.41. The molecule has 0 atom stereocenters. The molecule has 2 aromatic carbocycles. The second-order valence-electron chi connectivity index (χ2n) is 9.15. The predicted octanol–water partition coefficient (Wildman–Crippen LogP) is 4.04. The number of carbonyl (C=O) groups is 1. The molecule has 3 rings (SSSR count). The fraction of sp³-hybridized carbons (Fsp3) is 0.333. The summed E-state index contributed by atoms with van der Waals surface area (Å²) in [6.07, 6.45) is 4.17. The quantitative estimate of drug-likeness (QED) is 0.286. The number of benzene rings is 2. The van der Waals surface area contributed by atoms with E-state index in [1.54, 1.807) is 31.5 Å². The number of nitrogens with zero attached hydrogens (tertiary/aromatic N) is 2. The summed E-state index contributed by atoms with van der Waals surface area (Å²) < 4.78 is 59.2. The molecule has 0 saturated carbocycles. The molecule has 2 N–H and O–H groups in total. The minimum Gasteiger partial charge on any atom is -0.355 e. The fourth-order valence-corrected chi connectivity index (χ4v) is 6.44. The summed E-state index contributed by atoms with van der Waals surface area (Å²) in [5.74, 6) is -1.03. The molecule has 3 aromatic rings. The van der Waals surface area contributed by atoms with Crippen molar-refractivity contribution >= 4 is 37.6 Å². The molecule has 0 bridgehead atoms. The Hall–Kier alpha value is -2.83. The standard InChI is InChI=1S/C27H32ClN3O6S2/c1-20-19-29-13-11-24(20)23-7-3-6-22(18-23)12-16-31(15-5-10-27(32)30-14-17-38(33,34)35)39(36,37)26-9-4-8-25(28)21(26)2/h3-4,6-9,11,13,18-19H,5,10,12,14-17H2,1-2H3,(H,30,32)(H,33,34,35). The van der Waals surface area contributed by atoms with Gasteiger partial charge in [0.2, 0.25) is 15.9 Å². The lowest BCUT2D eigenvalue weighted by Gasteiger charge is -2.23.